The fourth-order valence-electron chi connectivity index (χ4n) is 3.26. The van der Waals surface area contributed by atoms with Gasteiger partial charge in [-0.15, -0.1) is 0 Å². The number of nitrogens with two attached hydrogens (primary N) is 1. The van der Waals surface area contributed by atoms with Gasteiger partial charge in [0.2, 0.25) is 0 Å². The summed E-state index contributed by atoms with van der Waals surface area (Å²) in [6.07, 6.45) is 5.07. The Hall–Kier alpha value is -1.80. The van der Waals surface area contributed by atoms with E-state index in [1.165, 1.54) is 0 Å². The highest BCUT2D eigenvalue weighted by Crippen LogP contribution is 2.39. The Morgan fingerprint density at radius 1 is 1.39 bits per heavy atom. The van der Waals surface area contributed by atoms with E-state index in [0.29, 0.717) is 23.3 Å². The van der Waals surface area contributed by atoms with Crippen molar-refractivity contribution in [3.05, 3.63) is 17.8 Å². The molecule has 1 aromatic rings. The van der Waals surface area contributed by atoms with E-state index < -0.39 is 0 Å². The number of aliphatic hydroxyl groups excluding tert-OH is 1. The first-order chi connectivity index (χ1) is 8.69. The highest BCUT2D eigenvalue weighted by atomic mass is 16.3. The van der Waals surface area contributed by atoms with Crippen molar-refractivity contribution in [2.75, 3.05) is 10.6 Å². The van der Waals surface area contributed by atoms with E-state index in [0.717, 1.165) is 31.5 Å². The summed E-state index contributed by atoms with van der Waals surface area (Å²) in [5.74, 6) is 0.728. The average molecular weight is 244 g/mol. The number of aromatic nitrogens is 1. The number of piperidine rings is 1. The molecule has 0 spiro atoms. The van der Waals surface area contributed by atoms with Gasteiger partial charge in [0, 0.05) is 12.1 Å². The van der Waals surface area contributed by atoms with Gasteiger partial charge in [-0.05, 0) is 31.7 Å². The van der Waals surface area contributed by atoms with E-state index >= 15 is 0 Å². The second-order valence-electron chi connectivity index (χ2n) is 5.17. The molecule has 0 saturated carbocycles. The molecule has 2 aliphatic rings. The van der Waals surface area contributed by atoms with E-state index in [1.807, 2.05) is 0 Å². The van der Waals surface area contributed by atoms with E-state index in [2.05, 4.69) is 16.0 Å². The molecule has 2 fully saturated rings. The van der Waals surface area contributed by atoms with Crippen LogP contribution in [0.3, 0.4) is 0 Å². The zero-order valence-electron chi connectivity index (χ0n) is 10.1. The van der Waals surface area contributed by atoms with Crippen LogP contribution in [0.1, 0.15) is 31.2 Å². The predicted molar refractivity (Wildman–Crippen MR) is 67.9 cm³/mol. The van der Waals surface area contributed by atoms with Crippen molar-refractivity contribution in [2.24, 2.45) is 0 Å². The monoisotopic (exact) mass is 244 g/mol. The summed E-state index contributed by atoms with van der Waals surface area (Å²) in [5.41, 5.74) is 6.71. The summed E-state index contributed by atoms with van der Waals surface area (Å²) >= 11 is 0. The number of fused-ring (bicyclic) bond motifs is 2. The first-order valence-electron chi connectivity index (χ1n) is 6.31. The fraction of sp³-hybridized carbons (Fsp3) is 0.538. The third-order valence-corrected chi connectivity index (χ3v) is 3.96. The van der Waals surface area contributed by atoms with Crippen LogP contribution in [0.5, 0.6) is 0 Å². The topological polar surface area (TPSA) is 86.2 Å². The Morgan fingerprint density at radius 2 is 2.06 bits per heavy atom. The smallest absolute Gasteiger partial charge is 0.147 e. The van der Waals surface area contributed by atoms with E-state index in [1.54, 1.807) is 12.3 Å². The number of hydrogen-bond acceptors (Lipinski definition) is 5. The van der Waals surface area contributed by atoms with Gasteiger partial charge < -0.3 is 15.7 Å². The first kappa shape index (κ1) is 11.3. The van der Waals surface area contributed by atoms with Gasteiger partial charge in [-0.25, -0.2) is 4.98 Å². The number of aliphatic hydroxyl groups is 1. The summed E-state index contributed by atoms with van der Waals surface area (Å²) in [7, 11) is 0. The second kappa shape index (κ2) is 4.14. The van der Waals surface area contributed by atoms with Crippen LogP contribution in [0.25, 0.3) is 0 Å². The standard InChI is InChI=1S/C13H16N4O/c14-6-8-3-9(15)7-16-13(8)17-10-1-2-11(17)5-12(18)4-10/h3,7,10-12,18H,1-2,4-5,15H2. The number of nitrogens with zero attached hydrogens (tertiary/aromatic N) is 3. The molecular weight excluding hydrogens is 228 g/mol. The van der Waals surface area contributed by atoms with Crippen LogP contribution < -0.4 is 10.6 Å². The molecule has 3 rings (SSSR count). The molecule has 5 nitrogen and oxygen atoms in total. The molecule has 5 heteroatoms. The van der Waals surface area contributed by atoms with Crippen LogP contribution in [-0.2, 0) is 0 Å². The molecule has 3 heterocycles. The predicted octanol–water partition coefficient (Wildman–Crippen LogP) is 1.03. The molecule has 0 aliphatic carbocycles. The van der Waals surface area contributed by atoms with Crippen LogP contribution in [0.2, 0.25) is 0 Å². The zero-order valence-corrected chi connectivity index (χ0v) is 10.1. The van der Waals surface area contributed by atoms with Crippen molar-refractivity contribution in [1.29, 1.82) is 5.26 Å². The maximum Gasteiger partial charge on any atom is 0.147 e. The summed E-state index contributed by atoms with van der Waals surface area (Å²) in [6, 6.07) is 4.46. The van der Waals surface area contributed by atoms with Gasteiger partial charge in [-0.3, -0.25) is 0 Å². The highest BCUT2D eigenvalue weighted by Gasteiger charge is 2.41. The average Bonchev–Trinajstić information content (AvgIpc) is 2.62. The van der Waals surface area contributed by atoms with E-state index in [-0.39, 0.29) is 6.10 Å². The van der Waals surface area contributed by atoms with Crippen molar-refractivity contribution in [3.8, 4) is 6.07 Å². The molecule has 3 N–H and O–H groups in total. The van der Waals surface area contributed by atoms with Gasteiger partial charge in [0.05, 0.1) is 23.6 Å². The van der Waals surface area contributed by atoms with Crippen molar-refractivity contribution < 1.29 is 5.11 Å². The fourth-order valence-corrected chi connectivity index (χ4v) is 3.26. The summed E-state index contributed by atoms with van der Waals surface area (Å²) in [5, 5.41) is 19.0. The van der Waals surface area contributed by atoms with Crippen molar-refractivity contribution in [3.63, 3.8) is 0 Å². The van der Waals surface area contributed by atoms with Crippen LogP contribution in [-0.4, -0.2) is 28.3 Å². The number of nitriles is 1. The minimum Gasteiger partial charge on any atom is -0.397 e. The quantitative estimate of drug-likeness (QED) is 0.770. The number of hydrogen-bond donors (Lipinski definition) is 2. The molecular formula is C13H16N4O. The number of nitrogen functional groups attached to an aromatic ring is 1. The molecule has 2 bridgehead atoms. The summed E-state index contributed by atoms with van der Waals surface area (Å²) in [6.45, 7) is 0. The lowest BCUT2D eigenvalue weighted by Gasteiger charge is -2.38. The van der Waals surface area contributed by atoms with Gasteiger partial charge in [0.15, 0.2) is 0 Å². The molecule has 0 amide bonds. The third-order valence-electron chi connectivity index (χ3n) is 3.96. The molecule has 2 atom stereocenters. The minimum absolute atomic E-state index is 0.210. The largest absolute Gasteiger partial charge is 0.397 e. The van der Waals surface area contributed by atoms with Crippen molar-refractivity contribution in [2.45, 2.75) is 43.9 Å². The second-order valence-corrected chi connectivity index (χ2v) is 5.17. The molecule has 2 unspecified atom stereocenters. The Morgan fingerprint density at radius 3 is 2.67 bits per heavy atom. The maximum atomic E-state index is 9.79. The lowest BCUT2D eigenvalue weighted by atomic mass is 9.99. The molecule has 0 aromatic carbocycles. The number of anilines is 2. The Balaban J connectivity index is 1.99. The first-order valence-corrected chi connectivity index (χ1v) is 6.31. The van der Waals surface area contributed by atoms with Crippen LogP contribution in [0.15, 0.2) is 12.3 Å². The molecule has 18 heavy (non-hydrogen) atoms. The summed E-state index contributed by atoms with van der Waals surface area (Å²) in [4.78, 5) is 6.55. The maximum absolute atomic E-state index is 9.79. The molecule has 2 saturated heterocycles. The Kier molecular flexibility index (Phi) is 2.60. The molecule has 1 aromatic heterocycles. The van der Waals surface area contributed by atoms with Gasteiger partial charge in [0.25, 0.3) is 0 Å². The van der Waals surface area contributed by atoms with Gasteiger partial charge >= 0.3 is 0 Å². The molecule has 94 valence electrons. The minimum atomic E-state index is -0.210. The van der Waals surface area contributed by atoms with Crippen LogP contribution in [0, 0.1) is 11.3 Å². The zero-order chi connectivity index (χ0) is 12.7. The molecule has 2 aliphatic heterocycles. The Bertz CT molecular complexity index is 496. The molecule has 0 radical (unpaired) electrons. The van der Waals surface area contributed by atoms with Gasteiger partial charge in [0.1, 0.15) is 11.9 Å². The SMILES string of the molecule is N#Cc1cc(N)cnc1N1C2CCC1CC(O)C2. The number of pyridine rings is 1. The normalized spacial score (nSPS) is 30.2. The lowest BCUT2D eigenvalue weighted by molar-refractivity contribution is 0.126. The Labute approximate surface area is 106 Å². The van der Waals surface area contributed by atoms with Gasteiger partial charge in [-0.1, -0.05) is 0 Å². The van der Waals surface area contributed by atoms with Crippen LogP contribution in [0.4, 0.5) is 11.5 Å². The van der Waals surface area contributed by atoms with Gasteiger partial charge in [-0.2, -0.15) is 5.26 Å². The third kappa shape index (κ3) is 1.70. The van der Waals surface area contributed by atoms with Crippen LogP contribution >= 0.6 is 0 Å². The lowest BCUT2D eigenvalue weighted by Crippen LogP contribution is -2.45. The van der Waals surface area contributed by atoms with E-state index in [4.69, 9.17) is 5.73 Å². The highest BCUT2D eigenvalue weighted by molar-refractivity contribution is 5.60. The van der Waals surface area contributed by atoms with E-state index in [9.17, 15) is 10.4 Å². The van der Waals surface area contributed by atoms with Crippen molar-refractivity contribution in [1.82, 2.24) is 4.98 Å². The van der Waals surface area contributed by atoms with Crippen molar-refractivity contribution >= 4 is 11.5 Å². The summed E-state index contributed by atoms with van der Waals surface area (Å²) < 4.78 is 0. The number of rotatable bonds is 1.